The van der Waals surface area contributed by atoms with Gasteiger partial charge in [0.1, 0.15) is 23.6 Å². The third-order valence-electron chi connectivity index (χ3n) is 5.88. The molecule has 13 heteroatoms. The van der Waals surface area contributed by atoms with Crippen LogP contribution in [0.2, 0.25) is 5.02 Å². The van der Waals surface area contributed by atoms with E-state index in [4.69, 9.17) is 25.8 Å². The predicted molar refractivity (Wildman–Crippen MR) is 161 cm³/mol. The molecule has 3 aromatic rings. The van der Waals surface area contributed by atoms with Crippen molar-refractivity contribution in [2.75, 3.05) is 13.7 Å². The Hall–Kier alpha value is -4.19. The molecule has 0 aliphatic carbocycles. The van der Waals surface area contributed by atoms with Crippen molar-refractivity contribution in [3.8, 4) is 11.3 Å². The highest BCUT2D eigenvalue weighted by atomic mass is 35.5. The maximum absolute atomic E-state index is 13.1. The van der Waals surface area contributed by atoms with Crippen LogP contribution >= 0.6 is 11.6 Å². The summed E-state index contributed by atoms with van der Waals surface area (Å²) in [6.45, 7) is 9.64. The molecule has 1 atom stereocenters. The van der Waals surface area contributed by atoms with Gasteiger partial charge >= 0.3 is 18.3 Å². The van der Waals surface area contributed by atoms with E-state index in [1.165, 1.54) is 19.2 Å². The average Bonchev–Trinajstić information content (AvgIpc) is 3.34. The van der Waals surface area contributed by atoms with Gasteiger partial charge in [0.05, 0.1) is 17.2 Å². The van der Waals surface area contributed by atoms with Gasteiger partial charge in [0.2, 0.25) is 6.23 Å². The molecule has 0 bridgehead atoms. The fraction of sp³-hybridized carbons (Fsp3) is 0.387. The molecule has 0 fully saturated rings. The lowest BCUT2D eigenvalue weighted by Gasteiger charge is -2.28. The molecule has 44 heavy (non-hydrogen) atoms. The molecule has 0 spiro atoms. The summed E-state index contributed by atoms with van der Waals surface area (Å²) >= 11 is 6.37. The lowest BCUT2D eigenvalue weighted by molar-refractivity contribution is -0.168. The molecule has 236 valence electrons. The number of halogens is 4. The summed E-state index contributed by atoms with van der Waals surface area (Å²) in [6.07, 6.45) is -1.87. The summed E-state index contributed by atoms with van der Waals surface area (Å²) in [5.41, 5.74) is -0.363. The SMILES string of the molecule is C/N=C\c1nn(C(C)OC(=O)OCC(C)(C)C(=O)OC(C)(C)C)nc1-c1cc(Cl)cc(/C=C/c2cccc(C(F)(F)F)c2)c1. The highest BCUT2D eigenvalue weighted by Crippen LogP contribution is 2.31. The molecule has 2 aromatic carbocycles. The quantitative estimate of drug-likeness (QED) is 0.134. The zero-order chi connectivity index (χ0) is 32.9. The van der Waals surface area contributed by atoms with E-state index < -0.39 is 41.1 Å². The third kappa shape index (κ3) is 9.66. The number of benzene rings is 2. The number of esters is 1. The molecular formula is C31H34ClF3N4O5. The number of ether oxygens (including phenoxy) is 3. The molecule has 1 heterocycles. The lowest BCUT2D eigenvalue weighted by atomic mass is 9.95. The van der Waals surface area contributed by atoms with Gasteiger partial charge in [0.25, 0.3) is 0 Å². The predicted octanol–water partition coefficient (Wildman–Crippen LogP) is 7.88. The van der Waals surface area contributed by atoms with E-state index in [9.17, 15) is 22.8 Å². The van der Waals surface area contributed by atoms with Crippen LogP contribution in [-0.2, 0) is 25.2 Å². The van der Waals surface area contributed by atoms with Crippen LogP contribution in [0.1, 0.15) is 70.2 Å². The van der Waals surface area contributed by atoms with Crippen molar-refractivity contribution < 1.29 is 37.0 Å². The summed E-state index contributed by atoms with van der Waals surface area (Å²) in [5, 5.41) is 9.19. The molecule has 0 amide bonds. The number of hydrogen-bond donors (Lipinski definition) is 0. The van der Waals surface area contributed by atoms with Crippen molar-refractivity contribution in [3.05, 3.63) is 69.9 Å². The number of hydrogen-bond acceptors (Lipinski definition) is 8. The molecule has 0 saturated heterocycles. The molecule has 0 saturated carbocycles. The normalized spacial score (nSPS) is 13.3. The van der Waals surface area contributed by atoms with Crippen LogP contribution in [0, 0.1) is 5.41 Å². The van der Waals surface area contributed by atoms with Crippen LogP contribution in [-0.4, -0.2) is 52.6 Å². The Balaban J connectivity index is 1.79. The van der Waals surface area contributed by atoms with Gasteiger partial charge < -0.3 is 14.2 Å². The van der Waals surface area contributed by atoms with E-state index in [1.54, 1.807) is 78.1 Å². The molecule has 0 aliphatic heterocycles. The highest BCUT2D eigenvalue weighted by molar-refractivity contribution is 6.31. The number of aliphatic imine (C=N–C) groups is 1. The summed E-state index contributed by atoms with van der Waals surface area (Å²) in [7, 11) is 1.55. The Labute approximate surface area is 258 Å². The number of nitrogens with zero attached hydrogens (tertiary/aromatic N) is 4. The fourth-order valence-electron chi connectivity index (χ4n) is 3.70. The van der Waals surface area contributed by atoms with Crippen LogP contribution in [0.15, 0.2) is 47.5 Å². The molecule has 0 aliphatic rings. The Morgan fingerprint density at radius 1 is 1.02 bits per heavy atom. The largest absolute Gasteiger partial charge is 0.510 e. The van der Waals surface area contributed by atoms with Gasteiger partial charge in [-0.2, -0.15) is 13.2 Å². The van der Waals surface area contributed by atoms with Crippen molar-refractivity contribution >= 4 is 42.1 Å². The third-order valence-corrected chi connectivity index (χ3v) is 6.09. The molecule has 3 rings (SSSR count). The highest BCUT2D eigenvalue weighted by Gasteiger charge is 2.35. The molecule has 1 unspecified atom stereocenters. The van der Waals surface area contributed by atoms with Crippen LogP contribution in [0.5, 0.6) is 0 Å². The molecule has 0 N–H and O–H groups in total. The van der Waals surface area contributed by atoms with Gasteiger partial charge in [-0.3, -0.25) is 9.79 Å². The van der Waals surface area contributed by atoms with E-state index in [2.05, 4.69) is 15.2 Å². The number of carbonyl (C=O) groups is 2. The maximum atomic E-state index is 13.1. The minimum Gasteiger partial charge on any atom is -0.459 e. The van der Waals surface area contributed by atoms with E-state index in [1.807, 2.05) is 0 Å². The van der Waals surface area contributed by atoms with Gasteiger partial charge in [0.15, 0.2) is 0 Å². The average molecular weight is 635 g/mol. The fourth-order valence-corrected chi connectivity index (χ4v) is 3.95. The Kier molecular flexibility index (Phi) is 10.6. The zero-order valence-electron chi connectivity index (χ0n) is 25.4. The summed E-state index contributed by atoms with van der Waals surface area (Å²) in [5.74, 6) is -0.529. The van der Waals surface area contributed by atoms with Crippen LogP contribution in [0.3, 0.4) is 0 Å². The van der Waals surface area contributed by atoms with Gasteiger partial charge in [-0.05, 0) is 83.0 Å². The van der Waals surface area contributed by atoms with Gasteiger partial charge in [-0.15, -0.1) is 15.0 Å². The molecule has 1 aromatic heterocycles. The monoisotopic (exact) mass is 634 g/mol. The first kappa shape index (κ1) is 34.3. The van der Waals surface area contributed by atoms with Crippen molar-refractivity contribution in [3.63, 3.8) is 0 Å². The smallest absolute Gasteiger partial charge is 0.459 e. The summed E-state index contributed by atoms with van der Waals surface area (Å²) in [4.78, 5) is 30.1. The van der Waals surface area contributed by atoms with Gasteiger partial charge in [-0.1, -0.05) is 35.9 Å². The first-order valence-electron chi connectivity index (χ1n) is 13.5. The van der Waals surface area contributed by atoms with Crippen LogP contribution in [0.25, 0.3) is 23.4 Å². The van der Waals surface area contributed by atoms with Crippen LogP contribution < -0.4 is 0 Å². The zero-order valence-corrected chi connectivity index (χ0v) is 26.2. The van der Waals surface area contributed by atoms with E-state index >= 15 is 0 Å². The van der Waals surface area contributed by atoms with Gasteiger partial charge in [0, 0.05) is 17.6 Å². The maximum Gasteiger partial charge on any atom is 0.510 e. The molecule has 9 nitrogen and oxygen atoms in total. The molecule has 0 radical (unpaired) electrons. The van der Waals surface area contributed by atoms with Crippen molar-refractivity contribution in [1.82, 2.24) is 15.0 Å². The standard InChI is InChI=1S/C31H34ClF3N4O5/c1-19(43-28(41)42-18-30(5,6)27(40)44-29(2,3)4)39-37-25(17-36-7)26(38-39)22-13-21(15-24(32)16-22)12-11-20-9-8-10-23(14-20)31(33,34)35/h8-17,19H,18H2,1-7H3/b12-11+,36-17-. The first-order chi connectivity index (χ1) is 20.4. The number of carbonyl (C=O) groups excluding carboxylic acids is 2. The van der Waals surface area contributed by atoms with Crippen molar-refractivity contribution in [2.45, 2.75) is 59.5 Å². The Bertz CT molecular complexity index is 1560. The topological polar surface area (TPSA) is 105 Å². The second-order valence-corrected chi connectivity index (χ2v) is 11.9. The number of rotatable bonds is 9. The van der Waals surface area contributed by atoms with E-state index in [-0.39, 0.29) is 6.61 Å². The number of aromatic nitrogens is 3. The second-order valence-electron chi connectivity index (χ2n) is 11.5. The molecular weight excluding hydrogens is 601 g/mol. The Morgan fingerprint density at radius 2 is 1.70 bits per heavy atom. The summed E-state index contributed by atoms with van der Waals surface area (Å²) in [6, 6.07) is 9.97. The number of alkyl halides is 3. The Morgan fingerprint density at radius 3 is 2.34 bits per heavy atom. The van der Waals surface area contributed by atoms with Gasteiger partial charge in [-0.25, -0.2) is 4.79 Å². The van der Waals surface area contributed by atoms with E-state index in [0.717, 1.165) is 16.9 Å². The first-order valence-corrected chi connectivity index (χ1v) is 13.9. The second kappa shape index (κ2) is 13.6. The van der Waals surface area contributed by atoms with E-state index in [0.29, 0.717) is 33.1 Å². The van der Waals surface area contributed by atoms with Crippen molar-refractivity contribution in [2.24, 2.45) is 10.4 Å². The van der Waals surface area contributed by atoms with Crippen LogP contribution in [0.4, 0.5) is 18.0 Å². The lowest BCUT2D eigenvalue weighted by Crippen LogP contribution is -2.37. The summed E-state index contributed by atoms with van der Waals surface area (Å²) < 4.78 is 55.2. The minimum absolute atomic E-state index is 0.279. The minimum atomic E-state index is -4.45. The van der Waals surface area contributed by atoms with Crippen molar-refractivity contribution in [1.29, 1.82) is 0 Å².